The lowest BCUT2D eigenvalue weighted by atomic mass is 9.91. The minimum Gasteiger partial charge on any atom is -0.481 e. The van der Waals surface area contributed by atoms with Gasteiger partial charge in [0.05, 0.1) is 7.11 Å². The molecule has 0 spiro atoms. The predicted molar refractivity (Wildman–Crippen MR) is 62.1 cm³/mol. The zero-order valence-corrected chi connectivity index (χ0v) is 10.2. The Hall–Kier alpha value is -1.09. The van der Waals surface area contributed by atoms with Crippen LogP contribution in [-0.2, 0) is 5.41 Å². The summed E-state index contributed by atoms with van der Waals surface area (Å²) in [4.78, 5) is 4.48. The molecule has 0 aromatic carbocycles. The van der Waals surface area contributed by atoms with Gasteiger partial charge in [0.15, 0.2) is 0 Å². The van der Waals surface area contributed by atoms with Gasteiger partial charge in [-0.05, 0) is 13.0 Å². The molecular formula is C12H20N2O. The topological polar surface area (TPSA) is 48.1 Å². The molecule has 0 bridgehead atoms. The van der Waals surface area contributed by atoms with Gasteiger partial charge in [-0.25, -0.2) is 4.98 Å². The summed E-state index contributed by atoms with van der Waals surface area (Å²) in [6, 6.07) is 3.96. The Morgan fingerprint density at radius 2 is 1.93 bits per heavy atom. The smallest absolute Gasteiger partial charge is 0.218 e. The maximum Gasteiger partial charge on any atom is 0.218 e. The molecule has 1 aromatic heterocycles. The van der Waals surface area contributed by atoms with E-state index in [1.165, 1.54) is 0 Å². The maximum absolute atomic E-state index is 5.83. The molecule has 1 atom stereocenters. The van der Waals surface area contributed by atoms with E-state index in [2.05, 4.69) is 25.8 Å². The number of hydrogen-bond donors (Lipinski definition) is 1. The van der Waals surface area contributed by atoms with Gasteiger partial charge in [-0.3, -0.25) is 0 Å². The van der Waals surface area contributed by atoms with Crippen LogP contribution < -0.4 is 10.5 Å². The van der Waals surface area contributed by atoms with Crippen LogP contribution in [0.4, 0.5) is 0 Å². The molecule has 1 aromatic rings. The van der Waals surface area contributed by atoms with Crippen LogP contribution in [0, 0.1) is 0 Å². The number of methoxy groups -OCH3 is 1. The van der Waals surface area contributed by atoms with Gasteiger partial charge in [-0.15, -0.1) is 0 Å². The van der Waals surface area contributed by atoms with E-state index in [1.54, 1.807) is 7.11 Å². The van der Waals surface area contributed by atoms with Crippen LogP contribution in [0.3, 0.4) is 0 Å². The summed E-state index contributed by atoms with van der Waals surface area (Å²) in [7, 11) is 1.63. The van der Waals surface area contributed by atoms with E-state index in [1.807, 2.05) is 19.1 Å². The third-order valence-electron chi connectivity index (χ3n) is 2.34. The molecule has 3 nitrogen and oxygen atoms in total. The van der Waals surface area contributed by atoms with E-state index in [-0.39, 0.29) is 11.5 Å². The Labute approximate surface area is 91.7 Å². The molecule has 1 rings (SSSR count). The van der Waals surface area contributed by atoms with Gasteiger partial charge in [0.1, 0.15) is 0 Å². The van der Waals surface area contributed by atoms with Gasteiger partial charge < -0.3 is 10.5 Å². The Kier molecular flexibility index (Phi) is 3.35. The zero-order valence-electron chi connectivity index (χ0n) is 10.2. The third-order valence-corrected chi connectivity index (χ3v) is 2.34. The predicted octanol–water partition coefficient (Wildman–Crippen LogP) is 2.41. The van der Waals surface area contributed by atoms with Crippen molar-refractivity contribution in [1.29, 1.82) is 0 Å². The molecule has 15 heavy (non-hydrogen) atoms. The molecule has 1 heterocycles. The van der Waals surface area contributed by atoms with Gasteiger partial charge >= 0.3 is 0 Å². The standard InChI is InChI=1S/C12H20N2O/c1-8(13)9-6-7-10(12(2,3)4)14-11(9)15-5/h6-8H,13H2,1-5H3. The van der Waals surface area contributed by atoms with Crippen molar-refractivity contribution in [2.75, 3.05) is 7.11 Å². The van der Waals surface area contributed by atoms with Crippen LogP contribution in [-0.4, -0.2) is 12.1 Å². The highest BCUT2D eigenvalue weighted by Gasteiger charge is 2.18. The molecular weight excluding hydrogens is 188 g/mol. The van der Waals surface area contributed by atoms with E-state index in [9.17, 15) is 0 Å². The first-order chi connectivity index (χ1) is 6.86. The molecule has 0 aliphatic heterocycles. The summed E-state index contributed by atoms with van der Waals surface area (Å²) in [6.45, 7) is 8.30. The molecule has 0 radical (unpaired) electrons. The fraction of sp³-hybridized carbons (Fsp3) is 0.583. The highest BCUT2D eigenvalue weighted by molar-refractivity contribution is 5.32. The Morgan fingerprint density at radius 3 is 2.33 bits per heavy atom. The number of pyridine rings is 1. The summed E-state index contributed by atoms with van der Waals surface area (Å²) >= 11 is 0. The molecule has 3 heteroatoms. The van der Waals surface area contributed by atoms with Crippen LogP contribution in [0.2, 0.25) is 0 Å². The van der Waals surface area contributed by atoms with Crippen molar-refractivity contribution < 1.29 is 4.74 Å². The van der Waals surface area contributed by atoms with Gasteiger partial charge in [0.2, 0.25) is 5.88 Å². The zero-order chi connectivity index (χ0) is 11.6. The number of ether oxygens (including phenoxy) is 1. The summed E-state index contributed by atoms with van der Waals surface area (Å²) < 4.78 is 5.25. The van der Waals surface area contributed by atoms with Crippen molar-refractivity contribution >= 4 is 0 Å². The largest absolute Gasteiger partial charge is 0.481 e. The molecule has 0 aliphatic carbocycles. The summed E-state index contributed by atoms with van der Waals surface area (Å²) in [6.07, 6.45) is 0. The van der Waals surface area contributed by atoms with Crippen molar-refractivity contribution in [2.24, 2.45) is 5.73 Å². The number of rotatable bonds is 2. The van der Waals surface area contributed by atoms with Crippen molar-refractivity contribution in [1.82, 2.24) is 4.98 Å². The summed E-state index contributed by atoms with van der Waals surface area (Å²) in [5.41, 5.74) is 7.83. The SMILES string of the molecule is COc1nc(C(C)(C)C)ccc1C(C)N. The average Bonchev–Trinajstić information content (AvgIpc) is 2.15. The Morgan fingerprint density at radius 1 is 1.33 bits per heavy atom. The molecule has 0 saturated heterocycles. The average molecular weight is 208 g/mol. The van der Waals surface area contributed by atoms with Crippen LogP contribution in [0.1, 0.15) is 45.0 Å². The van der Waals surface area contributed by atoms with E-state index in [0.29, 0.717) is 5.88 Å². The molecule has 1 unspecified atom stereocenters. The molecule has 84 valence electrons. The van der Waals surface area contributed by atoms with Crippen molar-refractivity contribution in [3.63, 3.8) is 0 Å². The highest BCUT2D eigenvalue weighted by atomic mass is 16.5. The van der Waals surface area contributed by atoms with E-state index >= 15 is 0 Å². The number of nitrogens with zero attached hydrogens (tertiary/aromatic N) is 1. The normalized spacial score (nSPS) is 13.7. The Balaban J connectivity index is 3.19. The Bertz CT molecular complexity index is 340. The lowest BCUT2D eigenvalue weighted by molar-refractivity contribution is 0.384. The minimum atomic E-state index is -0.0542. The van der Waals surface area contributed by atoms with Gasteiger partial charge in [-0.2, -0.15) is 0 Å². The monoisotopic (exact) mass is 208 g/mol. The van der Waals surface area contributed by atoms with Gasteiger partial charge in [0.25, 0.3) is 0 Å². The fourth-order valence-electron chi connectivity index (χ4n) is 1.38. The van der Waals surface area contributed by atoms with Gasteiger partial charge in [0, 0.05) is 22.7 Å². The minimum absolute atomic E-state index is 0.0314. The first-order valence-corrected chi connectivity index (χ1v) is 5.17. The van der Waals surface area contributed by atoms with Crippen LogP contribution in [0.15, 0.2) is 12.1 Å². The summed E-state index contributed by atoms with van der Waals surface area (Å²) in [5, 5.41) is 0. The number of hydrogen-bond acceptors (Lipinski definition) is 3. The molecule has 0 fully saturated rings. The van der Waals surface area contributed by atoms with Crippen molar-refractivity contribution in [3.8, 4) is 5.88 Å². The van der Waals surface area contributed by atoms with E-state index < -0.39 is 0 Å². The molecule has 2 N–H and O–H groups in total. The lowest BCUT2D eigenvalue weighted by Gasteiger charge is -2.20. The second kappa shape index (κ2) is 4.19. The lowest BCUT2D eigenvalue weighted by Crippen LogP contribution is -2.16. The van der Waals surface area contributed by atoms with Crippen LogP contribution in [0.5, 0.6) is 5.88 Å². The third kappa shape index (κ3) is 2.69. The maximum atomic E-state index is 5.83. The van der Waals surface area contributed by atoms with Crippen LogP contribution >= 0.6 is 0 Å². The second-order valence-electron chi connectivity index (χ2n) is 4.83. The quantitative estimate of drug-likeness (QED) is 0.812. The van der Waals surface area contributed by atoms with E-state index in [0.717, 1.165) is 11.3 Å². The van der Waals surface area contributed by atoms with Crippen LogP contribution in [0.25, 0.3) is 0 Å². The van der Waals surface area contributed by atoms with Crippen molar-refractivity contribution in [2.45, 2.75) is 39.2 Å². The van der Waals surface area contributed by atoms with E-state index in [4.69, 9.17) is 10.5 Å². The van der Waals surface area contributed by atoms with Gasteiger partial charge in [-0.1, -0.05) is 26.8 Å². The fourth-order valence-corrected chi connectivity index (χ4v) is 1.38. The first kappa shape index (κ1) is 12.0. The first-order valence-electron chi connectivity index (χ1n) is 5.17. The number of aromatic nitrogens is 1. The second-order valence-corrected chi connectivity index (χ2v) is 4.83. The molecule has 0 saturated carbocycles. The van der Waals surface area contributed by atoms with Crippen molar-refractivity contribution in [3.05, 3.63) is 23.4 Å². The summed E-state index contributed by atoms with van der Waals surface area (Å²) in [5.74, 6) is 0.637. The highest BCUT2D eigenvalue weighted by Crippen LogP contribution is 2.27. The molecule has 0 aliphatic rings. The number of nitrogens with two attached hydrogens (primary N) is 1. The molecule has 0 amide bonds.